The highest BCUT2D eigenvalue weighted by Gasteiger charge is 2.18. The molecule has 1 aliphatic heterocycles. The Balaban J connectivity index is 1.87. The van der Waals surface area contributed by atoms with Crippen LogP contribution in [0.5, 0.6) is 11.5 Å². The number of amidine groups is 2. The van der Waals surface area contributed by atoms with Crippen LogP contribution in [-0.4, -0.2) is 30.9 Å². The number of nitrogens with zero attached hydrogens (tertiary/aromatic N) is 3. The second kappa shape index (κ2) is 8.37. The number of anilines is 1. The Morgan fingerprint density at radius 3 is 2.27 bits per heavy atom. The number of aliphatic imine (C=N–C) groups is 2. The first-order valence-corrected chi connectivity index (χ1v) is 9.80. The summed E-state index contributed by atoms with van der Waals surface area (Å²) in [6.07, 6.45) is 3.48. The molecular formula is C24H24N4O2. The zero-order valence-electron chi connectivity index (χ0n) is 17.5. The Morgan fingerprint density at radius 2 is 1.57 bits per heavy atom. The minimum atomic E-state index is 0.408. The number of pyridine rings is 1. The molecule has 0 amide bonds. The Bertz CT molecular complexity index is 1120. The average molecular weight is 400 g/mol. The summed E-state index contributed by atoms with van der Waals surface area (Å²) in [5.74, 6) is 3.02. The highest BCUT2D eigenvalue weighted by atomic mass is 16.5. The van der Waals surface area contributed by atoms with Gasteiger partial charge in [0.05, 0.1) is 25.6 Å². The van der Waals surface area contributed by atoms with E-state index >= 15 is 0 Å². The molecule has 6 nitrogen and oxygen atoms in total. The van der Waals surface area contributed by atoms with Gasteiger partial charge in [0.1, 0.15) is 5.84 Å². The largest absolute Gasteiger partial charge is 0.493 e. The summed E-state index contributed by atoms with van der Waals surface area (Å²) < 4.78 is 10.9. The van der Waals surface area contributed by atoms with Gasteiger partial charge in [0, 0.05) is 23.5 Å². The molecule has 152 valence electrons. The molecule has 1 N–H and O–H groups in total. The number of ether oxygens (including phenoxy) is 2. The van der Waals surface area contributed by atoms with Crippen molar-refractivity contribution in [2.45, 2.75) is 19.8 Å². The van der Waals surface area contributed by atoms with Crippen molar-refractivity contribution in [1.82, 2.24) is 4.98 Å². The van der Waals surface area contributed by atoms with Gasteiger partial charge in [-0.1, -0.05) is 19.9 Å². The molecule has 3 aromatic rings. The molecule has 0 spiro atoms. The number of hydrogen-bond donors (Lipinski definition) is 1. The third-order valence-corrected chi connectivity index (χ3v) is 4.98. The van der Waals surface area contributed by atoms with Crippen LogP contribution in [0.15, 0.2) is 70.9 Å². The summed E-state index contributed by atoms with van der Waals surface area (Å²) in [5.41, 5.74) is 4.75. The van der Waals surface area contributed by atoms with Crippen LogP contribution in [0.1, 0.15) is 36.5 Å². The quantitative estimate of drug-likeness (QED) is 0.641. The first kappa shape index (κ1) is 19.6. The first-order chi connectivity index (χ1) is 14.6. The van der Waals surface area contributed by atoms with Crippen LogP contribution < -0.4 is 14.8 Å². The fourth-order valence-electron chi connectivity index (χ4n) is 3.26. The zero-order valence-corrected chi connectivity index (χ0v) is 17.5. The molecule has 1 aliphatic rings. The zero-order chi connectivity index (χ0) is 21.1. The van der Waals surface area contributed by atoms with Crippen LogP contribution in [0, 0.1) is 0 Å². The van der Waals surface area contributed by atoms with Crippen LogP contribution in [0.4, 0.5) is 11.4 Å². The number of nitrogens with one attached hydrogen (secondary N) is 1. The topological polar surface area (TPSA) is 68.1 Å². The summed E-state index contributed by atoms with van der Waals surface area (Å²) >= 11 is 0. The molecular weight excluding hydrogens is 376 g/mol. The Morgan fingerprint density at radius 1 is 0.800 bits per heavy atom. The number of rotatable bonds is 5. The third kappa shape index (κ3) is 3.89. The number of methoxy groups -OCH3 is 2. The van der Waals surface area contributed by atoms with Gasteiger partial charge in [0.15, 0.2) is 17.3 Å². The Hall–Kier alpha value is -3.67. The first-order valence-electron chi connectivity index (χ1n) is 9.80. The molecule has 2 aromatic carbocycles. The lowest BCUT2D eigenvalue weighted by molar-refractivity contribution is 0.355. The van der Waals surface area contributed by atoms with E-state index in [2.05, 4.69) is 36.3 Å². The molecule has 2 heterocycles. The van der Waals surface area contributed by atoms with Crippen LogP contribution >= 0.6 is 0 Å². The van der Waals surface area contributed by atoms with E-state index in [0.717, 1.165) is 22.5 Å². The minimum Gasteiger partial charge on any atom is -0.493 e. The van der Waals surface area contributed by atoms with Crippen molar-refractivity contribution in [1.29, 1.82) is 0 Å². The van der Waals surface area contributed by atoms with Gasteiger partial charge in [-0.3, -0.25) is 4.98 Å². The SMILES string of the molecule is COc1ccc(C2=NC(c3ccncc3)=Nc3ccc(C(C)C)cc3N2)cc1OC. The molecule has 0 atom stereocenters. The standard InChI is InChI=1S/C24H24N4O2/c1-15(2)17-5-7-19-20(13-17)27-24(18-6-8-21(29-3)22(14-18)30-4)28-23(26-19)16-9-11-25-12-10-16/h5-15H,1-4H3,(H,26,27,28). The maximum atomic E-state index is 5.48. The molecule has 1 aromatic heterocycles. The molecule has 0 saturated heterocycles. The van der Waals surface area contributed by atoms with E-state index in [0.29, 0.717) is 29.1 Å². The second-order valence-electron chi connectivity index (χ2n) is 7.26. The number of hydrogen-bond acceptors (Lipinski definition) is 6. The van der Waals surface area contributed by atoms with Gasteiger partial charge in [-0.25, -0.2) is 9.98 Å². The normalized spacial score (nSPS) is 13.0. The van der Waals surface area contributed by atoms with E-state index in [1.165, 1.54) is 5.56 Å². The van der Waals surface area contributed by atoms with Crippen molar-refractivity contribution in [2.75, 3.05) is 19.5 Å². The maximum Gasteiger partial charge on any atom is 0.162 e. The predicted molar refractivity (Wildman–Crippen MR) is 121 cm³/mol. The van der Waals surface area contributed by atoms with Gasteiger partial charge in [-0.2, -0.15) is 0 Å². The highest BCUT2D eigenvalue weighted by molar-refractivity contribution is 6.19. The molecule has 4 rings (SSSR count). The van der Waals surface area contributed by atoms with E-state index in [1.807, 2.05) is 36.4 Å². The molecule has 6 heteroatoms. The molecule has 30 heavy (non-hydrogen) atoms. The van der Waals surface area contributed by atoms with Crippen molar-refractivity contribution in [3.63, 3.8) is 0 Å². The van der Waals surface area contributed by atoms with Crippen LogP contribution in [0.2, 0.25) is 0 Å². The second-order valence-corrected chi connectivity index (χ2v) is 7.26. The van der Waals surface area contributed by atoms with E-state index in [9.17, 15) is 0 Å². The number of benzene rings is 2. The number of fused-ring (bicyclic) bond motifs is 1. The Labute approximate surface area is 176 Å². The summed E-state index contributed by atoms with van der Waals surface area (Å²) in [6, 6.07) is 15.8. The van der Waals surface area contributed by atoms with Gasteiger partial charge in [-0.05, 0) is 53.9 Å². The molecule has 0 fully saturated rings. The van der Waals surface area contributed by atoms with Gasteiger partial charge in [0.2, 0.25) is 0 Å². The lowest BCUT2D eigenvalue weighted by Gasteiger charge is -2.14. The lowest BCUT2D eigenvalue weighted by Crippen LogP contribution is -2.15. The third-order valence-electron chi connectivity index (χ3n) is 4.98. The van der Waals surface area contributed by atoms with Crippen LogP contribution in [-0.2, 0) is 0 Å². The van der Waals surface area contributed by atoms with Crippen molar-refractivity contribution >= 4 is 23.0 Å². The predicted octanol–water partition coefficient (Wildman–Crippen LogP) is 5.17. The van der Waals surface area contributed by atoms with Gasteiger partial charge in [-0.15, -0.1) is 0 Å². The lowest BCUT2D eigenvalue weighted by atomic mass is 10.0. The minimum absolute atomic E-state index is 0.408. The highest BCUT2D eigenvalue weighted by Crippen LogP contribution is 2.33. The van der Waals surface area contributed by atoms with E-state index in [4.69, 9.17) is 19.5 Å². The van der Waals surface area contributed by atoms with E-state index in [1.54, 1.807) is 26.6 Å². The summed E-state index contributed by atoms with van der Waals surface area (Å²) in [5, 5.41) is 3.48. The molecule has 0 bridgehead atoms. The van der Waals surface area contributed by atoms with E-state index in [-0.39, 0.29) is 0 Å². The monoisotopic (exact) mass is 400 g/mol. The van der Waals surface area contributed by atoms with Crippen molar-refractivity contribution in [3.8, 4) is 11.5 Å². The fraction of sp³-hybridized carbons (Fsp3) is 0.208. The molecule has 0 saturated carbocycles. The van der Waals surface area contributed by atoms with Crippen molar-refractivity contribution in [3.05, 3.63) is 77.6 Å². The van der Waals surface area contributed by atoms with Gasteiger partial charge < -0.3 is 14.8 Å². The van der Waals surface area contributed by atoms with Crippen molar-refractivity contribution < 1.29 is 9.47 Å². The van der Waals surface area contributed by atoms with E-state index < -0.39 is 0 Å². The molecule has 0 radical (unpaired) electrons. The smallest absolute Gasteiger partial charge is 0.162 e. The average Bonchev–Trinajstić information content (AvgIpc) is 2.98. The summed E-state index contributed by atoms with van der Waals surface area (Å²) in [7, 11) is 3.24. The maximum absolute atomic E-state index is 5.48. The summed E-state index contributed by atoms with van der Waals surface area (Å²) in [4.78, 5) is 13.8. The Kier molecular flexibility index (Phi) is 5.48. The van der Waals surface area contributed by atoms with Crippen LogP contribution in [0.25, 0.3) is 0 Å². The number of aromatic nitrogens is 1. The fourth-order valence-corrected chi connectivity index (χ4v) is 3.26. The van der Waals surface area contributed by atoms with Gasteiger partial charge >= 0.3 is 0 Å². The molecule has 0 aliphatic carbocycles. The summed E-state index contributed by atoms with van der Waals surface area (Å²) in [6.45, 7) is 4.35. The molecule has 0 unspecified atom stereocenters. The van der Waals surface area contributed by atoms with Crippen molar-refractivity contribution in [2.24, 2.45) is 9.98 Å². The van der Waals surface area contributed by atoms with Crippen LogP contribution in [0.3, 0.4) is 0 Å². The van der Waals surface area contributed by atoms with Gasteiger partial charge in [0.25, 0.3) is 0 Å².